The summed E-state index contributed by atoms with van der Waals surface area (Å²) in [5.41, 5.74) is 3.16. The van der Waals surface area contributed by atoms with E-state index in [1.807, 2.05) is 69.3 Å². The molecule has 1 saturated heterocycles. The zero-order valence-corrected chi connectivity index (χ0v) is 22.5. The highest BCUT2D eigenvalue weighted by atomic mass is 35.5. The zero-order chi connectivity index (χ0) is 25.9. The van der Waals surface area contributed by atoms with Crippen molar-refractivity contribution in [2.75, 3.05) is 37.7 Å². The molecular formula is C29H34Cl2N2O3. The van der Waals surface area contributed by atoms with Crippen LogP contribution in [0.15, 0.2) is 66.7 Å². The fourth-order valence-electron chi connectivity index (χ4n) is 4.74. The second kappa shape index (κ2) is 11.4. The fraction of sp³-hybridized carbons (Fsp3) is 0.379. The van der Waals surface area contributed by atoms with E-state index in [4.69, 9.17) is 27.9 Å². The summed E-state index contributed by atoms with van der Waals surface area (Å²) in [7, 11) is 0. The number of aliphatic hydroxyl groups excluding tert-OH is 1. The second-order valence-electron chi connectivity index (χ2n) is 9.86. The Morgan fingerprint density at radius 2 is 1.72 bits per heavy atom. The van der Waals surface area contributed by atoms with Gasteiger partial charge in [0.15, 0.2) is 0 Å². The van der Waals surface area contributed by atoms with Crippen molar-refractivity contribution in [2.45, 2.75) is 38.5 Å². The van der Waals surface area contributed by atoms with Gasteiger partial charge in [-0.05, 0) is 56.2 Å². The number of aryl methyl sites for hydroxylation is 1. The number of aliphatic hydroxyl groups is 2. The van der Waals surface area contributed by atoms with Crippen LogP contribution in [0.2, 0.25) is 10.0 Å². The van der Waals surface area contributed by atoms with Gasteiger partial charge in [-0.1, -0.05) is 65.2 Å². The van der Waals surface area contributed by atoms with E-state index in [2.05, 4.69) is 21.9 Å². The summed E-state index contributed by atoms with van der Waals surface area (Å²) in [5.74, 6) is 0.626. The number of benzene rings is 3. The standard InChI is InChI=1S/C29H34Cl2N2O3/c1-20-4-8-23(9-5-20)29(3,35)19-32-14-15-33(28(17-32)22-6-10-24(30)11-7-22)27-13-12-25(16-26(27)31)36-21(2)18-34/h4-13,16,21,28,34-35H,14-15,17-19H2,1-3H3/t21-,28+,29-/m1/s1. The van der Waals surface area contributed by atoms with E-state index in [-0.39, 0.29) is 18.8 Å². The minimum Gasteiger partial charge on any atom is -0.488 e. The molecule has 0 spiro atoms. The van der Waals surface area contributed by atoms with Crippen LogP contribution >= 0.6 is 23.2 Å². The molecule has 4 rings (SSSR count). The van der Waals surface area contributed by atoms with Crippen molar-refractivity contribution in [3.63, 3.8) is 0 Å². The Morgan fingerprint density at radius 1 is 1.03 bits per heavy atom. The largest absolute Gasteiger partial charge is 0.488 e. The number of hydrogen-bond donors (Lipinski definition) is 2. The normalized spacial score (nSPS) is 19.1. The van der Waals surface area contributed by atoms with Gasteiger partial charge in [-0.2, -0.15) is 0 Å². The molecule has 3 atom stereocenters. The van der Waals surface area contributed by atoms with Crippen LogP contribution < -0.4 is 9.64 Å². The van der Waals surface area contributed by atoms with Gasteiger partial charge in [-0.25, -0.2) is 0 Å². The number of rotatable bonds is 8. The van der Waals surface area contributed by atoms with Gasteiger partial charge in [0.1, 0.15) is 11.9 Å². The number of nitrogens with zero attached hydrogens (tertiary/aromatic N) is 2. The number of piperazine rings is 1. The van der Waals surface area contributed by atoms with Crippen LogP contribution in [0, 0.1) is 6.92 Å². The highest BCUT2D eigenvalue weighted by Gasteiger charge is 2.34. The van der Waals surface area contributed by atoms with Gasteiger partial charge in [-0.3, -0.25) is 4.90 Å². The lowest BCUT2D eigenvalue weighted by Gasteiger charge is -2.45. The molecule has 1 aliphatic heterocycles. The zero-order valence-electron chi connectivity index (χ0n) is 21.0. The second-order valence-corrected chi connectivity index (χ2v) is 10.7. The minimum atomic E-state index is -0.972. The molecule has 1 heterocycles. The molecule has 1 fully saturated rings. The molecule has 0 radical (unpaired) electrons. The summed E-state index contributed by atoms with van der Waals surface area (Å²) in [5, 5.41) is 21.9. The van der Waals surface area contributed by atoms with Gasteiger partial charge in [0, 0.05) is 37.3 Å². The molecule has 0 aliphatic carbocycles. The first-order valence-corrected chi connectivity index (χ1v) is 13.0. The Kier molecular flexibility index (Phi) is 8.48. The average Bonchev–Trinajstić information content (AvgIpc) is 2.85. The number of halogens is 2. The van der Waals surface area contributed by atoms with Gasteiger partial charge < -0.3 is 19.8 Å². The molecule has 3 aromatic carbocycles. The third kappa shape index (κ3) is 6.34. The molecule has 3 aromatic rings. The SMILES string of the molecule is Cc1ccc([C@](C)(O)CN2CCN(c3ccc(O[C@H](C)CO)cc3Cl)[C@H](c3ccc(Cl)cc3)C2)cc1. The van der Waals surface area contributed by atoms with E-state index >= 15 is 0 Å². The maximum absolute atomic E-state index is 11.3. The molecule has 5 nitrogen and oxygen atoms in total. The van der Waals surface area contributed by atoms with Gasteiger partial charge in [0.05, 0.1) is 29.0 Å². The lowest BCUT2D eigenvalue weighted by molar-refractivity contribution is 0.0103. The van der Waals surface area contributed by atoms with Crippen molar-refractivity contribution < 1.29 is 14.9 Å². The summed E-state index contributed by atoms with van der Waals surface area (Å²) in [4.78, 5) is 4.62. The van der Waals surface area contributed by atoms with Crippen LogP contribution in [0.4, 0.5) is 5.69 Å². The first-order chi connectivity index (χ1) is 17.2. The predicted molar refractivity (Wildman–Crippen MR) is 147 cm³/mol. The van der Waals surface area contributed by atoms with Crippen molar-refractivity contribution in [1.29, 1.82) is 0 Å². The highest BCUT2D eigenvalue weighted by Crippen LogP contribution is 2.38. The van der Waals surface area contributed by atoms with Crippen LogP contribution in [-0.2, 0) is 5.60 Å². The lowest BCUT2D eigenvalue weighted by Crippen LogP contribution is -2.52. The molecule has 36 heavy (non-hydrogen) atoms. The van der Waals surface area contributed by atoms with E-state index in [0.29, 0.717) is 22.3 Å². The lowest BCUT2D eigenvalue weighted by atomic mass is 9.93. The third-order valence-corrected chi connectivity index (χ3v) is 7.30. The Bertz CT molecular complexity index is 1150. The predicted octanol–water partition coefficient (Wildman–Crippen LogP) is 5.83. The summed E-state index contributed by atoms with van der Waals surface area (Å²) in [6.07, 6.45) is -0.307. The average molecular weight is 530 g/mol. The molecule has 0 unspecified atom stereocenters. The van der Waals surface area contributed by atoms with Crippen molar-refractivity contribution in [3.05, 3.63) is 93.5 Å². The topological polar surface area (TPSA) is 56.2 Å². The first kappa shape index (κ1) is 26.8. The summed E-state index contributed by atoms with van der Waals surface area (Å²) in [6, 6.07) is 21.7. The molecule has 0 bridgehead atoms. The quantitative estimate of drug-likeness (QED) is 0.385. The number of β-amino-alcohol motifs (C(OH)–C–C–N with tert-alkyl or cyclic N) is 1. The third-order valence-electron chi connectivity index (χ3n) is 6.75. The minimum absolute atomic E-state index is 0.0190. The summed E-state index contributed by atoms with van der Waals surface area (Å²) in [6.45, 7) is 8.44. The van der Waals surface area contributed by atoms with Crippen molar-refractivity contribution in [1.82, 2.24) is 4.90 Å². The van der Waals surface area contributed by atoms with Gasteiger partial charge in [-0.15, -0.1) is 0 Å². The van der Waals surface area contributed by atoms with Crippen LogP contribution in [0.5, 0.6) is 5.75 Å². The van der Waals surface area contributed by atoms with Crippen LogP contribution in [0.3, 0.4) is 0 Å². The number of hydrogen-bond acceptors (Lipinski definition) is 5. The van der Waals surface area contributed by atoms with Crippen molar-refractivity contribution in [2.24, 2.45) is 0 Å². The Hall–Kier alpha value is -2.28. The molecule has 0 amide bonds. The van der Waals surface area contributed by atoms with Crippen LogP contribution in [0.25, 0.3) is 0 Å². The molecule has 7 heteroatoms. The highest BCUT2D eigenvalue weighted by molar-refractivity contribution is 6.33. The molecular weight excluding hydrogens is 495 g/mol. The molecule has 0 aromatic heterocycles. The Labute approximate surface area is 223 Å². The van der Waals surface area contributed by atoms with Gasteiger partial charge >= 0.3 is 0 Å². The molecule has 0 saturated carbocycles. The van der Waals surface area contributed by atoms with Gasteiger partial charge in [0.2, 0.25) is 0 Å². The Morgan fingerprint density at radius 3 is 2.36 bits per heavy atom. The molecule has 2 N–H and O–H groups in total. The van der Waals surface area contributed by atoms with E-state index < -0.39 is 5.60 Å². The number of ether oxygens (including phenoxy) is 1. The number of anilines is 1. The molecule has 192 valence electrons. The van der Waals surface area contributed by atoms with E-state index in [1.54, 1.807) is 6.07 Å². The summed E-state index contributed by atoms with van der Waals surface area (Å²) < 4.78 is 5.73. The van der Waals surface area contributed by atoms with E-state index in [0.717, 1.165) is 36.4 Å². The fourth-order valence-corrected chi connectivity index (χ4v) is 5.15. The van der Waals surface area contributed by atoms with E-state index in [1.165, 1.54) is 5.56 Å². The maximum Gasteiger partial charge on any atom is 0.121 e. The smallest absolute Gasteiger partial charge is 0.121 e. The van der Waals surface area contributed by atoms with Crippen LogP contribution in [0.1, 0.15) is 36.6 Å². The first-order valence-electron chi connectivity index (χ1n) is 12.3. The summed E-state index contributed by atoms with van der Waals surface area (Å²) >= 11 is 12.9. The molecule has 1 aliphatic rings. The maximum atomic E-state index is 11.3. The Balaban J connectivity index is 1.59. The van der Waals surface area contributed by atoms with Gasteiger partial charge in [0.25, 0.3) is 0 Å². The van der Waals surface area contributed by atoms with E-state index in [9.17, 15) is 10.2 Å². The monoisotopic (exact) mass is 528 g/mol. The van der Waals surface area contributed by atoms with Crippen molar-refractivity contribution >= 4 is 28.9 Å². The van der Waals surface area contributed by atoms with Crippen LogP contribution in [-0.4, -0.2) is 54.0 Å². The van der Waals surface area contributed by atoms with Crippen molar-refractivity contribution in [3.8, 4) is 5.75 Å².